The molecule has 8 rings (SSSR count). The van der Waals surface area contributed by atoms with E-state index < -0.39 is 0 Å². The van der Waals surface area contributed by atoms with E-state index in [-0.39, 0.29) is 5.91 Å². The van der Waals surface area contributed by atoms with Crippen LogP contribution in [0.25, 0.3) is 22.0 Å². The van der Waals surface area contributed by atoms with Crippen LogP contribution in [0.5, 0.6) is 17.2 Å². The normalized spacial score (nSPS) is 15.1. The van der Waals surface area contributed by atoms with Crippen molar-refractivity contribution in [2.45, 2.75) is 26.6 Å². The molecular formula is C48H55Cl2N9O4. The number of rotatable bonds is 13. The standard InChI is InChI=1S/C36H35Cl2N5O4.C12H20N4/c1-45-25-9-6-23(7-10-25)21-42-15-17-43(18-16-42)22-24-8-13-31(40-20-24)41-36(44)28-12-11-26(27-5-4-14-39-35(27)28)32-33(37)29(46-2)19-30(47-3)34(32)38;1-2-15-5-7-16(8-6-15)10-11-3-4-12(13)14-9-11/h4-14,19-20H,15-18,21-22H2,1-3H3,(H,40,41,44);3-4,9H,2,5-8,10H2,1H3,(H2,13,14). The Kier molecular flexibility index (Phi) is 15.7. The molecule has 63 heavy (non-hydrogen) atoms. The van der Waals surface area contributed by atoms with Crippen LogP contribution in [0.4, 0.5) is 11.6 Å². The fourth-order valence-electron chi connectivity index (χ4n) is 7.88. The summed E-state index contributed by atoms with van der Waals surface area (Å²) in [5.41, 5.74) is 11.3. The highest BCUT2D eigenvalue weighted by molar-refractivity contribution is 6.41. The smallest absolute Gasteiger partial charge is 0.259 e. The molecule has 2 aliphatic rings. The van der Waals surface area contributed by atoms with Gasteiger partial charge in [-0.05, 0) is 65.2 Å². The van der Waals surface area contributed by atoms with E-state index in [0.29, 0.717) is 60.8 Å². The quantitative estimate of drug-likeness (QED) is 0.116. The lowest BCUT2D eigenvalue weighted by molar-refractivity contribution is 0.102. The van der Waals surface area contributed by atoms with E-state index in [1.807, 2.05) is 48.8 Å². The molecule has 2 fully saturated rings. The second-order valence-electron chi connectivity index (χ2n) is 15.6. The van der Waals surface area contributed by atoms with Crippen LogP contribution in [0.3, 0.4) is 0 Å². The zero-order valence-electron chi connectivity index (χ0n) is 36.3. The minimum atomic E-state index is -0.325. The van der Waals surface area contributed by atoms with Gasteiger partial charge in [0.05, 0.1) is 42.5 Å². The van der Waals surface area contributed by atoms with Gasteiger partial charge in [-0.3, -0.25) is 24.5 Å². The summed E-state index contributed by atoms with van der Waals surface area (Å²) in [4.78, 5) is 36.6. The SMILES string of the molecule is CCN1CCN(Cc2ccc(N)nc2)CC1.COc1ccc(CN2CCN(Cc3ccc(NC(=O)c4ccc(-c5c(Cl)c(OC)cc(OC)c5Cl)c5cccnc45)nc3)CC2)cc1. The average molecular weight is 893 g/mol. The number of nitrogens with one attached hydrogen (secondary N) is 1. The molecule has 5 heterocycles. The fourth-order valence-corrected chi connectivity index (χ4v) is 8.58. The van der Waals surface area contributed by atoms with Gasteiger partial charge in [-0.2, -0.15) is 0 Å². The van der Waals surface area contributed by atoms with Crippen molar-refractivity contribution in [1.82, 2.24) is 34.6 Å². The highest BCUT2D eigenvalue weighted by atomic mass is 35.5. The molecule has 0 unspecified atom stereocenters. The third-order valence-corrected chi connectivity index (χ3v) is 12.3. The van der Waals surface area contributed by atoms with E-state index in [0.717, 1.165) is 76.8 Å². The van der Waals surface area contributed by atoms with Crippen molar-refractivity contribution in [2.24, 2.45) is 0 Å². The molecule has 0 bridgehead atoms. The number of carbonyl (C=O) groups is 1. The number of carbonyl (C=O) groups excluding carboxylic acids is 1. The highest BCUT2D eigenvalue weighted by Crippen LogP contribution is 2.47. The number of aromatic nitrogens is 3. The average Bonchev–Trinajstić information content (AvgIpc) is 3.32. The first-order valence-electron chi connectivity index (χ1n) is 21.1. The number of amides is 1. The number of methoxy groups -OCH3 is 3. The van der Waals surface area contributed by atoms with Gasteiger partial charge in [-0.1, -0.05) is 66.5 Å². The Hall–Kier alpha value is -5.54. The summed E-state index contributed by atoms with van der Waals surface area (Å²) < 4.78 is 16.2. The lowest BCUT2D eigenvalue weighted by Gasteiger charge is -2.34. The maximum absolute atomic E-state index is 13.5. The summed E-state index contributed by atoms with van der Waals surface area (Å²) in [5.74, 6) is 2.44. The Balaban J connectivity index is 0.000000312. The summed E-state index contributed by atoms with van der Waals surface area (Å²) in [5, 5.41) is 4.29. The zero-order valence-corrected chi connectivity index (χ0v) is 37.8. The van der Waals surface area contributed by atoms with E-state index in [1.54, 1.807) is 37.6 Å². The lowest BCUT2D eigenvalue weighted by atomic mass is 9.97. The summed E-state index contributed by atoms with van der Waals surface area (Å²) in [7, 11) is 4.74. The number of nitrogen functional groups attached to an aromatic ring is 1. The predicted molar refractivity (Wildman–Crippen MR) is 252 cm³/mol. The first-order valence-corrected chi connectivity index (χ1v) is 21.9. The minimum Gasteiger partial charge on any atom is -0.497 e. The number of anilines is 2. The summed E-state index contributed by atoms with van der Waals surface area (Å²) >= 11 is 13.5. The van der Waals surface area contributed by atoms with Gasteiger partial charge in [0.2, 0.25) is 0 Å². The number of pyridine rings is 3. The van der Waals surface area contributed by atoms with Gasteiger partial charge in [0.15, 0.2) is 0 Å². The van der Waals surface area contributed by atoms with Crippen molar-refractivity contribution in [3.63, 3.8) is 0 Å². The topological polar surface area (TPSA) is 134 Å². The first-order chi connectivity index (χ1) is 30.7. The predicted octanol–water partition coefficient (Wildman–Crippen LogP) is 8.00. The number of ether oxygens (including phenoxy) is 3. The Labute approximate surface area is 379 Å². The molecule has 6 aromatic rings. The number of nitrogens with two attached hydrogens (primary N) is 1. The molecule has 2 aliphatic heterocycles. The molecule has 2 saturated heterocycles. The monoisotopic (exact) mass is 891 g/mol. The molecular weight excluding hydrogens is 837 g/mol. The second-order valence-corrected chi connectivity index (χ2v) is 16.3. The van der Waals surface area contributed by atoms with Crippen LogP contribution in [-0.2, 0) is 19.6 Å². The van der Waals surface area contributed by atoms with Gasteiger partial charge >= 0.3 is 0 Å². The molecule has 3 N–H and O–H groups in total. The number of piperazine rings is 2. The van der Waals surface area contributed by atoms with Crippen LogP contribution < -0.4 is 25.3 Å². The van der Waals surface area contributed by atoms with Gasteiger partial charge in [0.25, 0.3) is 5.91 Å². The number of fused-ring (bicyclic) bond motifs is 1. The van der Waals surface area contributed by atoms with Crippen molar-refractivity contribution in [2.75, 3.05) is 91.3 Å². The molecule has 15 heteroatoms. The minimum absolute atomic E-state index is 0.325. The molecule has 0 aliphatic carbocycles. The first kappa shape index (κ1) is 45.5. The molecule has 0 radical (unpaired) electrons. The number of benzene rings is 3. The molecule has 13 nitrogen and oxygen atoms in total. The molecule has 1 amide bonds. The summed E-state index contributed by atoms with van der Waals surface area (Å²) in [6, 6.07) is 24.9. The van der Waals surface area contributed by atoms with E-state index in [9.17, 15) is 4.79 Å². The number of hydrogen-bond donors (Lipinski definition) is 2. The number of nitrogens with zero attached hydrogens (tertiary/aromatic N) is 7. The largest absolute Gasteiger partial charge is 0.497 e. The van der Waals surface area contributed by atoms with Gasteiger partial charge in [0.1, 0.15) is 28.9 Å². The Morgan fingerprint density at radius 3 is 1.75 bits per heavy atom. The Morgan fingerprint density at radius 1 is 0.667 bits per heavy atom. The van der Waals surface area contributed by atoms with Crippen molar-refractivity contribution in [3.05, 3.63) is 130 Å². The molecule has 330 valence electrons. The molecule has 0 atom stereocenters. The maximum Gasteiger partial charge on any atom is 0.259 e. The van der Waals surface area contributed by atoms with E-state index in [4.69, 9.17) is 43.1 Å². The number of halogens is 2. The van der Waals surface area contributed by atoms with Crippen LogP contribution in [0.2, 0.25) is 10.0 Å². The number of hydrogen-bond acceptors (Lipinski definition) is 12. The van der Waals surface area contributed by atoms with Crippen molar-refractivity contribution < 1.29 is 19.0 Å². The van der Waals surface area contributed by atoms with Crippen LogP contribution in [0.1, 0.15) is 34.0 Å². The van der Waals surface area contributed by atoms with E-state index in [2.05, 4.69) is 65.0 Å². The Bertz CT molecular complexity index is 2410. The number of likely N-dealkylation sites (N-methyl/N-ethyl adjacent to an activating group) is 1. The second kappa shape index (κ2) is 21.7. The fraction of sp³-hybridized carbons (Fsp3) is 0.333. The molecule has 3 aromatic carbocycles. The van der Waals surface area contributed by atoms with Crippen molar-refractivity contribution in [1.29, 1.82) is 0 Å². The van der Waals surface area contributed by atoms with Crippen LogP contribution in [0.15, 0.2) is 97.5 Å². The van der Waals surface area contributed by atoms with Crippen molar-refractivity contribution in [3.8, 4) is 28.4 Å². The van der Waals surface area contributed by atoms with Crippen molar-refractivity contribution >= 4 is 51.6 Å². The van der Waals surface area contributed by atoms with Crippen LogP contribution in [-0.4, -0.2) is 121 Å². The molecule has 3 aromatic heterocycles. The zero-order chi connectivity index (χ0) is 44.3. The molecule has 0 saturated carbocycles. The summed E-state index contributed by atoms with van der Waals surface area (Å²) in [6.45, 7) is 14.7. The van der Waals surface area contributed by atoms with Gasteiger partial charge in [-0.25, -0.2) is 9.97 Å². The maximum atomic E-state index is 13.5. The van der Waals surface area contributed by atoms with E-state index >= 15 is 0 Å². The van der Waals surface area contributed by atoms with E-state index in [1.165, 1.54) is 38.4 Å². The van der Waals surface area contributed by atoms with Gasteiger partial charge in [-0.15, -0.1) is 0 Å². The third kappa shape index (κ3) is 11.5. The highest BCUT2D eigenvalue weighted by Gasteiger charge is 2.23. The van der Waals surface area contributed by atoms with Crippen LogP contribution >= 0.6 is 23.2 Å². The van der Waals surface area contributed by atoms with Crippen LogP contribution in [0, 0.1) is 0 Å². The van der Waals surface area contributed by atoms with Gasteiger partial charge in [0, 0.05) is 108 Å². The molecule has 0 spiro atoms. The van der Waals surface area contributed by atoms with Gasteiger partial charge < -0.3 is 30.2 Å². The third-order valence-electron chi connectivity index (χ3n) is 11.5. The lowest BCUT2D eigenvalue weighted by Crippen LogP contribution is -2.45. The summed E-state index contributed by atoms with van der Waals surface area (Å²) in [6.07, 6.45) is 5.34. The Morgan fingerprint density at radius 2 is 1.22 bits per heavy atom.